The van der Waals surface area contributed by atoms with Crippen molar-refractivity contribution in [2.75, 3.05) is 33.0 Å². The van der Waals surface area contributed by atoms with Gasteiger partial charge in [0.05, 0.1) is 44.7 Å². The van der Waals surface area contributed by atoms with Crippen molar-refractivity contribution in [3.8, 4) is 0 Å². The molecular formula is C55H92O26. The molecule has 0 aromatic rings. The summed E-state index contributed by atoms with van der Waals surface area (Å²) >= 11 is 0. The van der Waals surface area contributed by atoms with Crippen LogP contribution >= 0.6 is 0 Å². The second-order valence-electron chi connectivity index (χ2n) is 26.1. The van der Waals surface area contributed by atoms with Gasteiger partial charge in [0, 0.05) is 18.9 Å². The maximum absolute atomic E-state index is 12.6. The van der Waals surface area contributed by atoms with Crippen molar-refractivity contribution in [1.82, 2.24) is 0 Å². The molecule has 10 rings (SSSR count). The first-order valence-electron chi connectivity index (χ1n) is 29.6. The summed E-state index contributed by atoms with van der Waals surface area (Å²) in [6, 6.07) is 0. The van der Waals surface area contributed by atoms with E-state index >= 15 is 0 Å². The van der Waals surface area contributed by atoms with E-state index in [2.05, 4.69) is 20.8 Å². The van der Waals surface area contributed by atoms with Gasteiger partial charge in [-0.05, 0) is 111 Å². The lowest BCUT2D eigenvalue weighted by Gasteiger charge is -2.61. The largest absolute Gasteiger partial charge is 0.396 e. The van der Waals surface area contributed by atoms with Crippen LogP contribution in [0.4, 0.5) is 0 Å². The minimum absolute atomic E-state index is 0.000294. The summed E-state index contributed by atoms with van der Waals surface area (Å²) in [4.78, 5) is 0. The SMILES string of the molecule is CC(CO)CCC1(O)OC2CC3C4CCC5CC(OC6OC(CO)C(OC7OC(CO)C(O)C(OC8OCC(O)C(O)C8O)C7OC7OCC(O)C(O)C7O)C(O)C6OC6OC(C)C(O)C(O)C6O)CCC5(C)C4CCC3(C)C2C1C. The summed E-state index contributed by atoms with van der Waals surface area (Å²) in [7, 11) is 0. The molecule has 10 aliphatic rings. The van der Waals surface area contributed by atoms with E-state index in [0.717, 1.165) is 38.5 Å². The molecular weight excluding hydrogens is 1080 g/mol. The maximum Gasteiger partial charge on any atom is 0.187 e. The normalized spacial score (nSPS) is 56.1. The molecule has 0 radical (unpaired) electrons. The highest BCUT2D eigenvalue weighted by molar-refractivity contribution is 5.15. The van der Waals surface area contributed by atoms with Crippen LogP contribution in [0.1, 0.15) is 98.8 Å². The van der Waals surface area contributed by atoms with Crippen LogP contribution in [0.3, 0.4) is 0 Å². The maximum atomic E-state index is 12.6. The molecule has 6 saturated heterocycles. The molecule has 35 atom stereocenters. The average molecular weight is 1170 g/mol. The van der Waals surface area contributed by atoms with Crippen LogP contribution in [-0.4, -0.2) is 269 Å². The minimum Gasteiger partial charge on any atom is -0.396 e. The standard InChI is InChI=1S/C55H92O26/c1-21(16-56)8-13-55(70)22(2)34-31(81-55)15-28-26-7-6-24-14-25(9-11-53(24,4)27(26)10-12-54(28,34)5)74-51-46(79-50-42(68)39(65)35(61)23(3)73-50)43(69)44(33(18-58)76-51)77-52-47(80-49-41(67)37(63)30(60)20-72-49)45(38(64)32(17-57)75-52)78-48-40(66)36(62)29(59)19-71-48/h21-52,56-70H,6-20H2,1-5H3. The topological polar surface area (TPSA) is 405 Å². The van der Waals surface area contributed by atoms with Gasteiger partial charge in [-0.1, -0.05) is 27.7 Å². The molecule has 6 heterocycles. The molecule has 35 unspecified atom stereocenters. The molecule has 4 aliphatic carbocycles. The second kappa shape index (κ2) is 24.9. The van der Waals surface area contributed by atoms with Crippen LogP contribution in [0.5, 0.6) is 0 Å². The molecule has 15 N–H and O–H groups in total. The summed E-state index contributed by atoms with van der Waals surface area (Å²) in [5.41, 5.74) is -0.0443. The molecule has 26 heteroatoms. The summed E-state index contributed by atoms with van der Waals surface area (Å²) in [6.07, 6.45) is -32.0. The van der Waals surface area contributed by atoms with Crippen LogP contribution in [0, 0.1) is 52.3 Å². The van der Waals surface area contributed by atoms with Gasteiger partial charge in [0.25, 0.3) is 0 Å². The number of aliphatic hydroxyl groups is 15. The Morgan fingerprint density at radius 2 is 1.11 bits per heavy atom. The number of hydrogen-bond donors (Lipinski definition) is 15. The van der Waals surface area contributed by atoms with E-state index in [0.29, 0.717) is 43.4 Å². The van der Waals surface area contributed by atoms with Crippen LogP contribution in [0.15, 0.2) is 0 Å². The monoisotopic (exact) mass is 1170 g/mol. The molecule has 468 valence electrons. The fraction of sp³-hybridized carbons (Fsp3) is 1.00. The number of hydrogen-bond acceptors (Lipinski definition) is 26. The Morgan fingerprint density at radius 1 is 0.531 bits per heavy atom. The Labute approximate surface area is 471 Å². The summed E-state index contributed by atoms with van der Waals surface area (Å²) in [6.45, 7) is 7.59. The van der Waals surface area contributed by atoms with Crippen LogP contribution in [-0.2, 0) is 52.1 Å². The van der Waals surface area contributed by atoms with Gasteiger partial charge in [-0.25, -0.2) is 0 Å². The third-order valence-electron chi connectivity index (χ3n) is 21.4. The average Bonchev–Trinajstić information content (AvgIpc) is 3.94. The highest BCUT2D eigenvalue weighted by atomic mass is 16.8. The Hall–Kier alpha value is -1.04. The second-order valence-corrected chi connectivity index (χ2v) is 26.1. The van der Waals surface area contributed by atoms with Gasteiger partial charge in [-0.3, -0.25) is 0 Å². The van der Waals surface area contributed by atoms with Crippen molar-refractivity contribution in [3.63, 3.8) is 0 Å². The third-order valence-corrected chi connectivity index (χ3v) is 21.4. The molecule has 0 bridgehead atoms. The highest BCUT2D eigenvalue weighted by Gasteiger charge is 2.69. The predicted octanol–water partition coefficient (Wildman–Crippen LogP) is -3.82. The van der Waals surface area contributed by atoms with E-state index < -0.39 is 180 Å². The lowest BCUT2D eigenvalue weighted by molar-refractivity contribution is -0.408. The first-order valence-corrected chi connectivity index (χ1v) is 29.6. The zero-order chi connectivity index (χ0) is 58.4. The quantitative estimate of drug-likeness (QED) is 0.0659. The predicted molar refractivity (Wildman–Crippen MR) is 271 cm³/mol. The Kier molecular flexibility index (Phi) is 19.3. The van der Waals surface area contributed by atoms with E-state index in [4.69, 9.17) is 52.1 Å². The van der Waals surface area contributed by atoms with Crippen LogP contribution in [0.25, 0.3) is 0 Å². The van der Waals surface area contributed by atoms with E-state index in [-0.39, 0.29) is 47.2 Å². The van der Waals surface area contributed by atoms with Crippen molar-refractivity contribution in [3.05, 3.63) is 0 Å². The van der Waals surface area contributed by atoms with Crippen molar-refractivity contribution >= 4 is 0 Å². The molecule has 0 amide bonds. The van der Waals surface area contributed by atoms with Gasteiger partial charge < -0.3 is 129 Å². The van der Waals surface area contributed by atoms with Crippen molar-refractivity contribution in [1.29, 1.82) is 0 Å². The van der Waals surface area contributed by atoms with Crippen LogP contribution in [0.2, 0.25) is 0 Å². The zero-order valence-corrected chi connectivity index (χ0v) is 46.8. The summed E-state index contributed by atoms with van der Waals surface area (Å²) in [5.74, 6) is 0.574. The zero-order valence-electron chi connectivity index (χ0n) is 46.8. The van der Waals surface area contributed by atoms with Gasteiger partial charge in [0.15, 0.2) is 37.2 Å². The summed E-state index contributed by atoms with van der Waals surface area (Å²) < 4.78 is 67.7. The molecule has 0 spiro atoms. The number of ether oxygens (including phenoxy) is 11. The Balaban J connectivity index is 0.881. The first kappa shape index (κ1) is 63.0. The molecule has 10 fully saturated rings. The third kappa shape index (κ3) is 11.6. The fourth-order valence-electron chi connectivity index (χ4n) is 16.5. The van der Waals surface area contributed by atoms with Crippen molar-refractivity contribution in [2.45, 2.75) is 258 Å². The summed E-state index contributed by atoms with van der Waals surface area (Å²) in [5, 5.41) is 164. The van der Waals surface area contributed by atoms with Gasteiger partial charge in [0.1, 0.15) is 104 Å². The molecule has 0 aromatic heterocycles. The Bertz CT molecular complexity index is 2070. The van der Waals surface area contributed by atoms with E-state index in [9.17, 15) is 76.6 Å². The molecule has 26 nitrogen and oxygen atoms in total. The number of rotatable bonds is 16. The van der Waals surface area contributed by atoms with Gasteiger partial charge in [-0.15, -0.1) is 0 Å². The van der Waals surface area contributed by atoms with Crippen molar-refractivity contribution in [2.24, 2.45) is 52.3 Å². The van der Waals surface area contributed by atoms with Gasteiger partial charge >= 0.3 is 0 Å². The van der Waals surface area contributed by atoms with Crippen molar-refractivity contribution < 1.29 is 129 Å². The molecule has 0 aromatic carbocycles. The first-order chi connectivity index (χ1) is 38.4. The smallest absolute Gasteiger partial charge is 0.187 e. The van der Waals surface area contributed by atoms with E-state index in [1.807, 2.05) is 6.92 Å². The molecule has 81 heavy (non-hydrogen) atoms. The minimum atomic E-state index is -1.95. The lowest BCUT2D eigenvalue weighted by Crippen LogP contribution is -2.68. The van der Waals surface area contributed by atoms with E-state index in [1.165, 1.54) is 6.92 Å². The van der Waals surface area contributed by atoms with Gasteiger partial charge in [-0.2, -0.15) is 0 Å². The number of aliphatic hydroxyl groups excluding tert-OH is 14. The lowest BCUT2D eigenvalue weighted by atomic mass is 9.44. The fourth-order valence-corrected chi connectivity index (χ4v) is 16.5. The number of fused-ring (bicyclic) bond motifs is 7. The Morgan fingerprint density at radius 3 is 1.75 bits per heavy atom. The van der Waals surface area contributed by atoms with E-state index in [1.54, 1.807) is 0 Å². The molecule has 4 saturated carbocycles. The highest BCUT2D eigenvalue weighted by Crippen LogP contribution is 2.71. The molecule has 6 aliphatic heterocycles. The van der Waals surface area contributed by atoms with Gasteiger partial charge in [0.2, 0.25) is 0 Å². The van der Waals surface area contributed by atoms with Crippen LogP contribution < -0.4 is 0 Å².